The summed E-state index contributed by atoms with van der Waals surface area (Å²) >= 11 is 0. The lowest BCUT2D eigenvalue weighted by Crippen LogP contribution is -2.50. The molecule has 10 heteroatoms. The van der Waals surface area contributed by atoms with Gasteiger partial charge in [0, 0.05) is 17.0 Å². The standard InChI is InChI=1S/C23H26F4N2O3S/c1-4-33(31,32)28-22-18(25)12-29(23(30)13(2)3)19(22)11-14-7-5-8-15(20(14)26)16-9-6-10-17(24)21(16)27/h5-10,13,18-19,22,28H,4,11-12H2,1-3H3/t18-,19-,22-/m0/s1. The van der Waals surface area contributed by atoms with Crippen molar-refractivity contribution in [1.29, 1.82) is 0 Å². The number of carbonyl (C=O) groups is 1. The molecule has 180 valence electrons. The smallest absolute Gasteiger partial charge is 0.225 e. The van der Waals surface area contributed by atoms with Crippen molar-refractivity contribution < 1.29 is 30.8 Å². The van der Waals surface area contributed by atoms with Crippen molar-refractivity contribution in [2.75, 3.05) is 12.3 Å². The SMILES string of the molecule is CCS(=O)(=O)N[C@H]1[C@@H](F)CN(C(=O)C(C)C)[C@H]1Cc1cccc(-c2cccc(F)c2F)c1F. The molecule has 1 aliphatic rings. The van der Waals surface area contributed by atoms with Gasteiger partial charge < -0.3 is 4.90 Å². The number of hydrogen-bond donors (Lipinski definition) is 1. The van der Waals surface area contributed by atoms with Gasteiger partial charge in [-0.05, 0) is 25.0 Å². The minimum absolute atomic E-state index is 0.0255. The molecule has 1 aliphatic heterocycles. The van der Waals surface area contributed by atoms with Crippen molar-refractivity contribution in [3.8, 4) is 11.1 Å². The molecule has 0 aliphatic carbocycles. The van der Waals surface area contributed by atoms with E-state index >= 15 is 4.39 Å². The van der Waals surface area contributed by atoms with Crippen LogP contribution in [0.3, 0.4) is 0 Å². The molecular weight excluding hydrogens is 460 g/mol. The number of carbonyl (C=O) groups excluding carboxylic acids is 1. The van der Waals surface area contributed by atoms with Crippen LogP contribution in [0.15, 0.2) is 36.4 Å². The lowest BCUT2D eigenvalue weighted by atomic mass is 9.95. The monoisotopic (exact) mass is 486 g/mol. The van der Waals surface area contributed by atoms with Crippen LogP contribution in [0.4, 0.5) is 17.6 Å². The molecule has 0 radical (unpaired) electrons. The van der Waals surface area contributed by atoms with Gasteiger partial charge in [-0.3, -0.25) is 4.79 Å². The fraction of sp³-hybridized carbons (Fsp3) is 0.435. The van der Waals surface area contributed by atoms with E-state index in [4.69, 9.17) is 0 Å². The maximum atomic E-state index is 15.4. The molecule has 33 heavy (non-hydrogen) atoms. The van der Waals surface area contributed by atoms with Gasteiger partial charge in [0.05, 0.1) is 24.4 Å². The number of likely N-dealkylation sites (tertiary alicyclic amines) is 1. The molecule has 1 heterocycles. The summed E-state index contributed by atoms with van der Waals surface area (Å²) in [6, 6.07) is 5.26. The zero-order chi connectivity index (χ0) is 24.5. The van der Waals surface area contributed by atoms with Crippen molar-refractivity contribution >= 4 is 15.9 Å². The van der Waals surface area contributed by atoms with Gasteiger partial charge in [-0.15, -0.1) is 0 Å². The van der Waals surface area contributed by atoms with Gasteiger partial charge >= 0.3 is 0 Å². The van der Waals surface area contributed by atoms with Crippen LogP contribution in [-0.2, 0) is 21.2 Å². The molecule has 0 unspecified atom stereocenters. The Morgan fingerprint density at radius 1 is 1.09 bits per heavy atom. The second kappa shape index (κ2) is 9.80. The third-order valence-electron chi connectivity index (χ3n) is 5.80. The van der Waals surface area contributed by atoms with Crippen LogP contribution in [0.5, 0.6) is 0 Å². The Balaban J connectivity index is 2.03. The van der Waals surface area contributed by atoms with Gasteiger partial charge in [-0.2, -0.15) is 0 Å². The van der Waals surface area contributed by atoms with Crippen molar-refractivity contribution in [1.82, 2.24) is 9.62 Å². The van der Waals surface area contributed by atoms with E-state index in [0.717, 1.165) is 6.07 Å². The van der Waals surface area contributed by atoms with E-state index in [1.807, 2.05) is 0 Å². The van der Waals surface area contributed by atoms with Crippen molar-refractivity contribution in [2.24, 2.45) is 5.92 Å². The van der Waals surface area contributed by atoms with Gasteiger partial charge in [-0.1, -0.05) is 44.2 Å². The number of sulfonamides is 1. The minimum atomic E-state index is -3.82. The van der Waals surface area contributed by atoms with Gasteiger partial charge in [-0.25, -0.2) is 30.7 Å². The molecule has 0 spiro atoms. The summed E-state index contributed by atoms with van der Waals surface area (Å²) < 4.78 is 84.9. The summed E-state index contributed by atoms with van der Waals surface area (Å²) in [5, 5.41) is 0. The van der Waals surface area contributed by atoms with Gasteiger partial charge in [0.15, 0.2) is 11.6 Å². The number of nitrogens with one attached hydrogen (secondary N) is 1. The first kappa shape index (κ1) is 25.2. The average molecular weight is 487 g/mol. The molecule has 5 nitrogen and oxygen atoms in total. The second-order valence-electron chi connectivity index (χ2n) is 8.36. The van der Waals surface area contributed by atoms with Crippen LogP contribution in [0.1, 0.15) is 26.3 Å². The summed E-state index contributed by atoms with van der Waals surface area (Å²) in [7, 11) is -3.82. The van der Waals surface area contributed by atoms with Crippen LogP contribution in [0.25, 0.3) is 11.1 Å². The summed E-state index contributed by atoms with van der Waals surface area (Å²) in [6.45, 7) is 4.32. The molecule has 0 aromatic heterocycles. The summed E-state index contributed by atoms with van der Waals surface area (Å²) in [4.78, 5) is 14.0. The molecule has 1 saturated heterocycles. The molecule has 3 atom stereocenters. The number of benzene rings is 2. The maximum Gasteiger partial charge on any atom is 0.225 e. The number of rotatable bonds is 7. The second-order valence-corrected chi connectivity index (χ2v) is 10.4. The molecule has 1 amide bonds. The average Bonchev–Trinajstić information content (AvgIpc) is 3.06. The molecule has 2 aromatic rings. The molecule has 1 N–H and O–H groups in total. The van der Waals surface area contributed by atoms with E-state index in [9.17, 15) is 26.4 Å². The first-order valence-corrected chi connectivity index (χ1v) is 12.3. The summed E-state index contributed by atoms with van der Waals surface area (Å²) in [5.74, 6) is -4.35. The Morgan fingerprint density at radius 3 is 2.30 bits per heavy atom. The first-order chi connectivity index (χ1) is 15.5. The topological polar surface area (TPSA) is 66.5 Å². The predicted molar refractivity (Wildman–Crippen MR) is 117 cm³/mol. The molecular formula is C23H26F4N2O3S. The van der Waals surface area contributed by atoms with E-state index in [0.29, 0.717) is 0 Å². The fourth-order valence-electron chi connectivity index (χ4n) is 4.02. The number of nitrogens with zero attached hydrogens (tertiary/aromatic N) is 1. The molecule has 0 saturated carbocycles. The van der Waals surface area contributed by atoms with Gasteiger partial charge in [0.2, 0.25) is 15.9 Å². The molecule has 2 aromatic carbocycles. The largest absolute Gasteiger partial charge is 0.334 e. The summed E-state index contributed by atoms with van der Waals surface area (Å²) in [6.07, 6.45) is -1.90. The highest BCUT2D eigenvalue weighted by atomic mass is 32.2. The molecule has 3 rings (SSSR count). The lowest BCUT2D eigenvalue weighted by molar-refractivity contribution is -0.135. The summed E-state index contributed by atoms with van der Waals surface area (Å²) in [5.41, 5.74) is -0.438. The van der Waals surface area contributed by atoms with Crippen LogP contribution < -0.4 is 4.72 Å². The van der Waals surface area contributed by atoms with Crippen molar-refractivity contribution in [3.63, 3.8) is 0 Å². The third-order valence-corrected chi connectivity index (χ3v) is 7.19. The van der Waals surface area contributed by atoms with Crippen LogP contribution in [0, 0.1) is 23.4 Å². The van der Waals surface area contributed by atoms with Gasteiger partial charge in [0.1, 0.15) is 12.0 Å². The van der Waals surface area contributed by atoms with Gasteiger partial charge in [0.25, 0.3) is 0 Å². The van der Waals surface area contributed by atoms with Crippen LogP contribution >= 0.6 is 0 Å². The van der Waals surface area contributed by atoms with Crippen molar-refractivity contribution in [3.05, 3.63) is 59.4 Å². The van der Waals surface area contributed by atoms with E-state index in [2.05, 4.69) is 4.72 Å². The Bertz CT molecular complexity index is 1140. The zero-order valence-electron chi connectivity index (χ0n) is 18.5. The zero-order valence-corrected chi connectivity index (χ0v) is 19.3. The van der Waals surface area contributed by atoms with E-state index in [1.165, 1.54) is 42.2 Å². The lowest BCUT2D eigenvalue weighted by Gasteiger charge is -2.30. The number of alkyl halides is 1. The van der Waals surface area contributed by atoms with E-state index in [1.54, 1.807) is 13.8 Å². The Morgan fingerprint density at radius 2 is 1.70 bits per heavy atom. The minimum Gasteiger partial charge on any atom is -0.334 e. The number of halogens is 4. The van der Waals surface area contributed by atoms with Crippen molar-refractivity contribution in [2.45, 2.75) is 45.4 Å². The third kappa shape index (κ3) is 5.22. The number of amides is 1. The maximum absolute atomic E-state index is 15.4. The highest BCUT2D eigenvalue weighted by molar-refractivity contribution is 7.89. The fourth-order valence-corrected chi connectivity index (χ4v) is 4.91. The Hall–Kier alpha value is -2.46. The first-order valence-electron chi connectivity index (χ1n) is 10.6. The molecule has 0 bridgehead atoms. The van der Waals surface area contributed by atoms with Crippen LogP contribution in [0.2, 0.25) is 0 Å². The van der Waals surface area contributed by atoms with Crippen LogP contribution in [-0.4, -0.2) is 49.8 Å². The van der Waals surface area contributed by atoms with E-state index < -0.39 is 57.6 Å². The Labute approximate surface area is 190 Å². The van der Waals surface area contributed by atoms with E-state index in [-0.39, 0.29) is 35.4 Å². The number of hydrogen-bond acceptors (Lipinski definition) is 3. The highest BCUT2D eigenvalue weighted by Gasteiger charge is 2.46. The molecule has 1 fully saturated rings. The predicted octanol–water partition coefficient (Wildman–Crippen LogP) is 3.83. The quantitative estimate of drug-likeness (QED) is 0.605. The Kier molecular flexibility index (Phi) is 7.48. The normalized spacial score (nSPS) is 21.1. The highest BCUT2D eigenvalue weighted by Crippen LogP contribution is 2.32.